The number of hydrogen-bond acceptors (Lipinski definition) is 5. The van der Waals surface area contributed by atoms with Gasteiger partial charge in [-0.3, -0.25) is 4.79 Å². The van der Waals surface area contributed by atoms with Crippen LogP contribution in [0.25, 0.3) is 11.3 Å². The SMILES string of the molecule is COc1ccc(-c2cc(C(=O)N3CCC[C@H]3c3ccccc3)no2)cn1. The molecule has 2 aromatic heterocycles. The molecule has 1 aliphatic rings. The van der Waals surface area contributed by atoms with E-state index in [2.05, 4.69) is 22.3 Å². The molecule has 6 heteroatoms. The minimum absolute atomic E-state index is 0.0894. The number of benzene rings is 1. The average Bonchev–Trinajstić information content (AvgIpc) is 3.38. The summed E-state index contributed by atoms with van der Waals surface area (Å²) in [6.07, 6.45) is 3.58. The molecule has 0 bridgehead atoms. The molecule has 1 amide bonds. The maximum atomic E-state index is 12.9. The van der Waals surface area contributed by atoms with Gasteiger partial charge in [0.25, 0.3) is 5.91 Å². The zero-order valence-electron chi connectivity index (χ0n) is 14.5. The molecule has 0 N–H and O–H groups in total. The molecule has 3 aromatic rings. The Labute approximate surface area is 151 Å². The predicted octanol–water partition coefficient (Wildman–Crippen LogP) is 3.72. The monoisotopic (exact) mass is 349 g/mol. The smallest absolute Gasteiger partial charge is 0.276 e. The molecule has 3 heterocycles. The molecule has 1 saturated heterocycles. The third kappa shape index (κ3) is 3.06. The molecule has 1 aromatic carbocycles. The fraction of sp³-hybridized carbons (Fsp3) is 0.250. The predicted molar refractivity (Wildman–Crippen MR) is 95.7 cm³/mol. The number of aromatic nitrogens is 2. The maximum absolute atomic E-state index is 12.9. The molecule has 6 nitrogen and oxygen atoms in total. The van der Waals surface area contributed by atoms with Crippen molar-refractivity contribution in [2.75, 3.05) is 13.7 Å². The van der Waals surface area contributed by atoms with Gasteiger partial charge in [0.15, 0.2) is 11.5 Å². The lowest BCUT2D eigenvalue weighted by Crippen LogP contribution is -2.30. The summed E-state index contributed by atoms with van der Waals surface area (Å²) in [6, 6.07) is 15.4. The summed E-state index contributed by atoms with van der Waals surface area (Å²) in [5.41, 5.74) is 2.22. The van der Waals surface area contributed by atoms with Gasteiger partial charge in [-0.05, 0) is 24.5 Å². The Balaban J connectivity index is 1.56. The number of methoxy groups -OCH3 is 1. The standard InChI is InChI=1S/C20H19N3O3/c1-25-19-10-9-15(13-21-19)18-12-16(22-26-18)20(24)23-11-5-8-17(23)14-6-3-2-4-7-14/h2-4,6-7,9-10,12-13,17H,5,8,11H2,1H3/t17-/m0/s1. The molecule has 0 radical (unpaired) electrons. The Morgan fingerprint density at radius 1 is 1.23 bits per heavy atom. The van der Waals surface area contributed by atoms with Crippen molar-refractivity contribution in [1.29, 1.82) is 0 Å². The van der Waals surface area contributed by atoms with Crippen molar-refractivity contribution in [3.8, 4) is 17.2 Å². The van der Waals surface area contributed by atoms with Gasteiger partial charge >= 0.3 is 0 Å². The summed E-state index contributed by atoms with van der Waals surface area (Å²) in [5.74, 6) is 0.930. The summed E-state index contributed by atoms with van der Waals surface area (Å²) in [5, 5.41) is 3.98. The van der Waals surface area contributed by atoms with E-state index in [1.54, 1.807) is 25.4 Å². The Bertz CT molecular complexity index is 890. The van der Waals surface area contributed by atoms with Crippen molar-refractivity contribution in [3.63, 3.8) is 0 Å². The zero-order chi connectivity index (χ0) is 17.9. The van der Waals surface area contributed by atoms with Crippen LogP contribution >= 0.6 is 0 Å². The van der Waals surface area contributed by atoms with Gasteiger partial charge in [-0.1, -0.05) is 35.5 Å². The number of rotatable bonds is 4. The molecule has 26 heavy (non-hydrogen) atoms. The number of nitrogens with zero attached hydrogens (tertiary/aromatic N) is 3. The first-order chi connectivity index (χ1) is 12.8. The van der Waals surface area contributed by atoms with Crippen molar-refractivity contribution in [1.82, 2.24) is 15.0 Å². The number of carbonyl (C=O) groups excluding carboxylic acids is 1. The van der Waals surface area contributed by atoms with Crippen molar-refractivity contribution in [2.45, 2.75) is 18.9 Å². The maximum Gasteiger partial charge on any atom is 0.276 e. The largest absolute Gasteiger partial charge is 0.481 e. The van der Waals surface area contributed by atoms with Gasteiger partial charge in [-0.15, -0.1) is 0 Å². The Morgan fingerprint density at radius 2 is 2.08 bits per heavy atom. The second-order valence-electron chi connectivity index (χ2n) is 6.23. The molecule has 1 fully saturated rings. The molecule has 0 saturated carbocycles. The first-order valence-electron chi connectivity index (χ1n) is 8.59. The summed E-state index contributed by atoms with van der Waals surface area (Å²) in [7, 11) is 1.56. The summed E-state index contributed by atoms with van der Waals surface area (Å²) in [6.45, 7) is 0.727. The molecule has 132 valence electrons. The van der Waals surface area contributed by atoms with Gasteiger partial charge < -0.3 is 14.2 Å². The van der Waals surface area contributed by atoms with Crippen LogP contribution in [0.1, 0.15) is 34.9 Å². The van der Waals surface area contributed by atoms with Gasteiger partial charge in [-0.2, -0.15) is 0 Å². The van der Waals surface area contributed by atoms with Crippen molar-refractivity contribution in [2.24, 2.45) is 0 Å². The van der Waals surface area contributed by atoms with Crippen LogP contribution in [-0.4, -0.2) is 34.6 Å². The summed E-state index contributed by atoms with van der Waals surface area (Å²) >= 11 is 0. The highest BCUT2D eigenvalue weighted by Crippen LogP contribution is 2.33. The van der Waals surface area contributed by atoms with E-state index in [1.807, 2.05) is 29.2 Å². The lowest BCUT2D eigenvalue weighted by Gasteiger charge is -2.24. The van der Waals surface area contributed by atoms with E-state index >= 15 is 0 Å². The number of carbonyl (C=O) groups is 1. The van der Waals surface area contributed by atoms with Crippen LogP contribution in [0.5, 0.6) is 5.88 Å². The fourth-order valence-corrected chi connectivity index (χ4v) is 3.34. The Morgan fingerprint density at radius 3 is 2.81 bits per heavy atom. The first-order valence-corrected chi connectivity index (χ1v) is 8.59. The van der Waals surface area contributed by atoms with Gasteiger partial charge in [0.2, 0.25) is 5.88 Å². The van der Waals surface area contributed by atoms with Crippen LogP contribution < -0.4 is 4.74 Å². The van der Waals surface area contributed by atoms with E-state index in [1.165, 1.54) is 0 Å². The quantitative estimate of drug-likeness (QED) is 0.718. The van der Waals surface area contributed by atoms with Gasteiger partial charge in [-0.25, -0.2) is 4.98 Å². The lowest BCUT2D eigenvalue weighted by atomic mass is 10.0. The van der Waals surface area contributed by atoms with E-state index in [4.69, 9.17) is 9.26 Å². The van der Waals surface area contributed by atoms with E-state index in [-0.39, 0.29) is 11.9 Å². The number of amides is 1. The van der Waals surface area contributed by atoms with Crippen LogP contribution in [0.2, 0.25) is 0 Å². The normalized spacial score (nSPS) is 16.7. The summed E-state index contributed by atoms with van der Waals surface area (Å²) in [4.78, 5) is 19.0. The van der Waals surface area contributed by atoms with Crippen LogP contribution in [0.4, 0.5) is 0 Å². The molecule has 1 aliphatic heterocycles. The summed E-state index contributed by atoms with van der Waals surface area (Å²) < 4.78 is 10.4. The van der Waals surface area contributed by atoms with E-state index < -0.39 is 0 Å². The van der Waals surface area contributed by atoms with Gasteiger partial charge in [0, 0.05) is 30.4 Å². The fourth-order valence-electron chi connectivity index (χ4n) is 3.34. The zero-order valence-corrected chi connectivity index (χ0v) is 14.5. The second kappa shape index (κ2) is 7.00. The van der Waals surface area contributed by atoms with Gasteiger partial charge in [0.05, 0.1) is 13.2 Å². The van der Waals surface area contributed by atoms with Crippen LogP contribution in [0.15, 0.2) is 59.3 Å². The molecule has 0 aliphatic carbocycles. The van der Waals surface area contributed by atoms with E-state index in [9.17, 15) is 4.79 Å². The number of likely N-dealkylation sites (tertiary alicyclic amines) is 1. The van der Waals surface area contributed by atoms with Crippen molar-refractivity contribution in [3.05, 3.63) is 66.0 Å². The highest BCUT2D eigenvalue weighted by molar-refractivity contribution is 5.93. The molecular weight excluding hydrogens is 330 g/mol. The topological polar surface area (TPSA) is 68.5 Å². The average molecular weight is 349 g/mol. The lowest BCUT2D eigenvalue weighted by molar-refractivity contribution is 0.0725. The Hall–Kier alpha value is -3.15. The molecule has 0 unspecified atom stereocenters. The highest BCUT2D eigenvalue weighted by atomic mass is 16.5. The third-order valence-corrected chi connectivity index (χ3v) is 4.66. The highest BCUT2D eigenvalue weighted by Gasteiger charge is 2.32. The number of hydrogen-bond donors (Lipinski definition) is 0. The number of ether oxygens (including phenoxy) is 1. The van der Waals surface area contributed by atoms with Crippen molar-refractivity contribution >= 4 is 5.91 Å². The van der Waals surface area contributed by atoms with Crippen LogP contribution in [-0.2, 0) is 0 Å². The van der Waals surface area contributed by atoms with Crippen molar-refractivity contribution < 1.29 is 14.1 Å². The van der Waals surface area contributed by atoms with Crippen LogP contribution in [0.3, 0.4) is 0 Å². The molecule has 1 atom stereocenters. The molecule has 4 rings (SSSR count). The third-order valence-electron chi connectivity index (χ3n) is 4.66. The van der Waals surface area contributed by atoms with Gasteiger partial charge in [0.1, 0.15) is 0 Å². The van der Waals surface area contributed by atoms with Crippen LogP contribution in [0, 0.1) is 0 Å². The second-order valence-corrected chi connectivity index (χ2v) is 6.23. The van der Waals surface area contributed by atoms with E-state index in [0.29, 0.717) is 17.3 Å². The minimum Gasteiger partial charge on any atom is -0.481 e. The van der Waals surface area contributed by atoms with E-state index in [0.717, 1.165) is 30.5 Å². The molecule has 0 spiro atoms. The first kappa shape index (κ1) is 16.3. The Kier molecular flexibility index (Phi) is 4.39. The number of pyridine rings is 1. The minimum atomic E-state index is -0.104. The molecular formula is C20H19N3O3.